The zero-order chi connectivity index (χ0) is 14.2. The Hall–Kier alpha value is -0.590. The van der Waals surface area contributed by atoms with Crippen molar-refractivity contribution in [2.45, 2.75) is 19.8 Å². The molecule has 0 saturated carbocycles. The van der Waals surface area contributed by atoms with E-state index in [1.165, 1.54) is 0 Å². The molecule has 0 fully saturated rings. The molecular weight excluding hydrogens is 398 g/mol. The first-order chi connectivity index (χ1) is 8.88. The molecule has 0 radical (unpaired) electrons. The molecule has 0 aliphatic heterocycles. The van der Waals surface area contributed by atoms with Gasteiger partial charge in [0.1, 0.15) is 5.82 Å². The molecule has 1 heterocycles. The van der Waals surface area contributed by atoms with Crippen LogP contribution in [0.1, 0.15) is 25.5 Å². The molecule has 100 valence electrons. The van der Waals surface area contributed by atoms with Crippen LogP contribution in [0.3, 0.4) is 0 Å². The van der Waals surface area contributed by atoms with E-state index in [2.05, 4.69) is 9.97 Å². The highest BCUT2D eigenvalue weighted by molar-refractivity contribution is 14.1. The zero-order valence-corrected chi connectivity index (χ0v) is 14.0. The Kier molecular flexibility index (Phi) is 4.53. The number of aromatic amines is 1. The maximum absolute atomic E-state index is 11.9. The summed E-state index contributed by atoms with van der Waals surface area (Å²) < 4.78 is 0.615. The van der Waals surface area contributed by atoms with Gasteiger partial charge < -0.3 is 4.98 Å². The van der Waals surface area contributed by atoms with E-state index in [4.69, 9.17) is 23.2 Å². The summed E-state index contributed by atoms with van der Waals surface area (Å²) in [6.45, 7) is 4.00. The second kappa shape index (κ2) is 5.81. The van der Waals surface area contributed by atoms with Crippen molar-refractivity contribution in [2.75, 3.05) is 0 Å². The van der Waals surface area contributed by atoms with E-state index in [-0.39, 0.29) is 11.5 Å². The Morgan fingerprint density at radius 1 is 1.21 bits per heavy atom. The quantitative estimate of drug-likeness (QED) is 0.745. The lowest BCUT2D eigenvalue weighted by Crippen LogP contribution is -2.17. The lowest BCUT2D eigenvalue weighted by molar-refractivity contribution is 0.802. The summed E-state index contributed by atoms with van der Waals surface area (Å²) in [5, 5.41) is 1.02. The minimum Gasteiger partial charge on any atom is -0.306 e. The molecule has 0 aliphatic rings. The van der Waals surface area contributed by atoms with Crippen molar-refractivity contribution >= 4 is 45.8 Å². The molecule has 0 unspecified atom stereocenters. The van der Waals surface area contributed by atoms with Crippen molar-refractivity contribution in [3.8, 4) is 11.4 Å². The van der Waals surface area contributed by atoms with Crippen LogP contribution >= 0.6 is 45.8 Å². The fourth-order valence-electron chi connectivity index (χ4n) is 1.69. The molecule has 1 N–H and O–H groups in total. The predicted octanol–water partition coefficient (Wildman–Crippen LogP) is 4.47. The van der Waals surface area contributed by atoms with Crippen LogP contribution in [0, 0.1) is 3.57 Å². The van der Waals surface area contributed by atoms with Crippen molar-refractivity contribution in [1.29, 1.82) is 0 Å². The van der Waals surface area contributed by atoms with Gasteiger partial charge in [0.05, 0.1) is 9.26 Å². The number of hydrogen-bond acceptors (Lipinski definition) is 2. The monoisotopic (exact) mass is 408 g/mol. The van der Waals surface area contributed by atoms with Gasteiger partial charge in [-0.2, -0.15) is 0 Å². The number of nitrogens with one attached hydrogen (secondary N) is 1. The van der Waals surface area contributed by atoms with Crippen LogP contribution in [-0.2, 0) is 0 Å². The molecule has 2 aromatic rings. The minimum atomic E-state index is -0.148. The highest BCUT2D eigenvalue weighted by atomic mass is 127. The summed E-state index contributed by atoms with van der Waals surface area (Å²) in [5.74, 6) is 0.654. The molecule has 0 amide bonds. The number of nitrogens with zero attached hydrogens (tertiary/aromatic N) is 1. The molecular formula is C13H11Cl2IN2O. The van der Waals surface area contributed by atoms with Crippen LogP contribution in [0.4, 0.5) is 0 Å². The van der Waals surface area contributed by atoms with Gasteiger partial charge in [0.25, 0.3) is 5.56 Å². The molecule has 0 atom stereocenters. The fourth-order valence-corrected chi connectivity index (χ4v) is 3.09. The molecule has 0 saturated heterocycles. The topological polar surface area (TPSA) is 45.8 Å². The van der Waals surface area contributed by atoms with Crippen LogP contribution in [0.15, 0.2) is 23.0 Å². The molecule has 0 aliphatic carbocycles. The normalized spacial score (nSPS) is 11.1. The molecule has 0 spiro atoms. The van der Waals surface area contributed by atoms with Crippen LogP contribution in [-0.4, -0.2) is 9.97 Å². The average molecular weight is 409 g/mol. The lowest BCUT2D eigenvalue weighted by atomic mass is 10.1. The Bertz CT molecular complexity index is 663. The highest BCUT2D eigenvalue weighted by Gasteiger charge is 2.13. The van der Waals surface area contributed by atoms with Crippen molar-refractivity contribution in [1.82, 2.24) is 9.97 Å². The van der Waals surface area contributed by atoms with Crippen LogP contribution in [0.2, 0.25) is 10.0 Å². The summed E-state index contributed by atoms with van der Waals surface area (Å²) in [6.07, 6.45) is 0. The van der Waals surface area contributed by atoms with Gasteiger partial charge in [0, 0.05) is 15.6 Å². The van der Waals surface area contributed by atoms with Gasteiger partial charge in [-0.15, -0.1) is 0 Å². The molecule has 2 rings (SSSR count). The highest BCUT2D eigenvalue weighted by Crippen LogP contribution is 2.26. The molecule has 1 aromatic heterocycles. The van der Waals surface area contributed by atoms with E-state index in [1.807, 2.05) is 36.4 Å². The largest absolute Gasteiger partial charge is 0.306 e. The molecule has 6 heteroatoms. The fraction of sp³-hybridized carbons (Fsp3) is 0.231. The first kappa shape index (κ1) is 14.8. The van der Waals surface area contributed by atoms with E-state index in [0.717, 1.165) is 5.69 Å². The predicted molar refractivity (Wildman–Crippen MR) is 87.1 cm³/mol. The van der Waals surface area contributed by atoms with E-state index in [1.54, 1.807) is 18.2 Å². The minimum absolute atomic E-state index is 0.148. The van der Waals surface area contributed by atoms with Gasteiger partial charge in [0.15, 0.2) is 0 Å². The second-order valence-corrected chi connectivity index (χ2v) is 6.38. The van der Waals surface area contributed by atoms with E-state index < -0.39 is 0 Å². The Balaban J connectivity index is 2.66. The second-order valence-electron chi connectivity index (χ2n) is 4.43. The molecule has 19 heavy (non-hydrogen) atoms. The van der Waals surface area contributed by atoms with Gasteiger partial charge in [-0.1, -0.05) is 37.0 Å². The number of halogens is 3. The third-order valence-electron chi connectivity index (χ3n) is 2.57. The zero-order valence-electron chi connectivity index (χ0n) is 10.3. The molecule has 0 bridgehead atoms. The van der Waals surface area contributed by atoms with Crippen LogP contribution in [0.5, 0.6) is 0 Å². The first-order valence-corrected chi connectivity index (χ1v) is 7.48. The van der Waals surface area contributed by atoms with Gasteiger partial charge in [0.2, 0.25) is 0 Å². The molecule has 3 nitrogen and oxygen atoms in total. The van der Waals surface area contributed by atoms with Gasteiger partial charge in [-0.3, -0.25) is 4.79 Å². The lowest BCUT2D eigenvalue weighted by Gasteiger charge is -2.10. The third kappa shape index (κ3) is 3.30. The van der Waals surface area contributed by atoms with Crippen molar-refractivity contribution < 1.29 is 0 Å². The Morgan fingerprint density at radius 2 is 1.79 bits per heavy atom. The number of benzene rings is 1. The Labute approximate surface area is 134 Å². The maximum atomic E-state index is 11.9. The number of rotatable bonds is 2. The summed E-state index contributed by atoms with van der Waals surface area (Å²) in [6, 6.07) is 5.09. The van der Waals surface area contributed by atoms with Crippen molar-refractivity contribution in [3.63, 3.8) is 0 Å². The van der Waals surface area contributed by atoms with Crippen molar-refractivity contribution in [3.05, 3.63) is 47.9 Å². The number of aromatic nitrogens is 2. The summed E-state index contributed by atoms with van der Waals surface area (Å²) in [7, 11) is 0. The standard InChI is InChI=1S/C13H11Cl2IN2O/c1-6(2)11-10(16)13(19)18-12(17-11)7-3-8(14)5-9(15)4-7/h3-6H,1-2H3,(H,17,18,19). The van der Waals surface area contributed by atoms with Gasteiger partial charge >= 0.3 is 0 Å². The van der Waals surface area contributed by atoms with E-state index in [0.29, 0.717) is 25.0 Å². The summed E-state index contributed by atoms with van der Waals surface area (Å²) >= 11 is 13.9. The van der Waals surface area contributed by atoms with Gasteiger partial charge in [-0.05, 0) is 46.7 Å². The molecule has 1 aromatic carbocycles. The van der Waals surface area contributed by atoms with Crippen LogP contribution < -0.4 is 5.56 Å². The summed E-state index contributed by atoms with van der Waals surface area (Å²) in [4.78, 5) is 19.2. The first-order valence-electron chi connectivity index (χ1n) is 5.64. The smallest absolute Gasteiger partial charge is 0.264 e. The third-order valence-corrected chi connectivity index (χ3v) is 4.05. The van der Waals surface area contributed by atoms with Crippen molar-refractivity contribution in [2.24, 2.45) is 0 Å². The van der Waals surface area contributed by atoms with E-state index >= 15 is 0 Å². The number of hydrogen-bond donors (Lipinski definition) is 1. The summed E-state index contributed by atoms with van der Waals surface area (Å²) in [5.41, 5.74) is 1.33. The van der Waals surface area contributed by atoms with E-state index in [9.17, 15) is 4.79 Å². The number of H-pyrrole nitrogens is 1. The maximum Gasteiger partial charge on any atom is 0.264 e. The average Bonchev–Trinajstić information content (AvgIpc) is 2.30. The Morgan fingerprint density at radius 3 is 2.32 bits per heavy atom. The van der Waals surface area contributed by atoms with Crippen LogP contribution in [0.25, 0.3) is 11.4 Å². The van der Waals surface area contributed by atoms with Gasteiger partial charge in [-0.25, -0.2) is 4.98 Å². The SMILES string of the molecule is CC(C)c1nc(-c2cc(Cl)cc(Cl)c2)[nH]c(=O)c1I.